The summed E-state index contributed by atoms with van der Waals surface area (Å²) >= 11 is 9.46. The first-order valence-corrected chi connectivity index (χ1v) is 6.14. The molecule has 0 fully saturated rings. The molecule has 0 atom stereocenters. The number of rotatable bonds is 1. The highest BCUT2D eigenvalue weighted by Crippen LogP contribution is 2.27. The summed E-state index contributed by atoms with van der Waals surface area (Å²) in [6.45, 7) is 3.72. The molecule has 0 radical (unpaired) electrons. The third kappa shape index (κ3) is 1.97. The zero-order valence-electron chi connectivity index (χ0n) is 9.33. The Balaban J connectivity index is 2.74. The predicted octanol–water partition coefficient (Wildman–Crippen LogP) is 3.78. The molecule has 0 aliphatic heterocycles. The molecule has 0 aliphatic rings. The molecule has 0 saturated carbocycles. The number of benzene rings is 1. The minimum atomic E-state index is 0.551. The number of aryl methyl sites for hydroxylation is 1. The van der Waals surface area contributed by atoms with Crippen molar-refractivity contribution >= 4 is 27.5 Å². The van der Waals surface area contributed by atoms with E-state index in [0.29, 0.717) is 10.6 Å². The summed E-state index contributed by atoms with van der Waals surface area (Å²) in [4.78, 5) is 0. The standard InChI is InChI=1S/C12H9BrClN3/c1-7-12(14)8(2)17(16-7)11-5-3-4-10(13)9(11)6-15/h3-5H,1-2H3. The van der Waals surface area contributed by atoms with Gasteiger partial charge in [0.05, 0.1) is 27.7 Å². The maximum absolute atomic E-state index is 9.17. The number of halogens is 2. The topological polar surface area (TPSA) is 41.6 Å². The van der Waals surface area contributed by atoms with Crippen molar-refractivity contribution in [3.05, 3.63) is 44.6 Å². The van der Waals surface area contributed by atoms with Crippen molar-refractivity contribution in [1.29, 1.82) is 5.26 Å². The molecule has 86 valence electrons. The van der Waals surface area contributed by atoms with Gasteiger partial charge in [0.1, 0.15) is 6.07 Å². The lowest BCUT2D eigenvalue weighted by Crippen LogP contribution is -2.02. The van der Waals surface area contributed by atoms with E-state index < -0.39 is 0 Å². The highest BCUT2D eigenvalue weighted by atomic mass is 79.9. The quantitative estimate of drug-likeness (QED) is 0.804. The van der Waals surface area contributed by atoms with Gasteiger partial charge >= 0.3 is 0 Å². The average Bonchev–Trinajstić information content (AvgIpc) is 2.56. The van der Waals surface area contributed by atoms with E-state index in [9.17, 15) is 5.26 Å². The van der Waals surface area contributed by atoms with Crippen molar-refractivity contribution in [2.75, 3.05) is 0 Å². The van der Waals surface area contributed by atoms with Crippen LogP contribution in [0.5, 0.6) is 0 Å². The Morgan fingerprint density at radius 2 is 2.12 bits per heavy atom. The third-order valence-electron chi connectivity index (χ3n) is 2.53. The van der Waals surface area contributed by atoms with Crippen molar-refractivity contribution < 1.29 is 0 Å². The van der Waals surface area contributed by atoms with Crippen molar-refractivity contribution in [3.8, 4) is 11.8 Å². The van der Waals surface area contributed by atoms with Gasteiger partial charge in [0, 0.05) is 4.47 Å². The Bertz CT molecular complexity index is 625. The Labute approximate surface area is 113 Å². The fourth-order valence-electron chi connectivity index (χ4n) is 1.66. The lowest BCUT2D eigenvalue weighted by molar-refractivity contribution is 0.830. The lowest BCUT2D eigenvalue weighted by atomic mass is 10.2. The van der Waals surface area contributed by atoms with E-state index in [4.69, 9.17) is 11.6 Å². The molecular weight excluding hydrogens is 302 g/mol. The molecule has 3 nitrogen and oxygen atoms in total. The second-order valence-electron chi connectivity index (χ2n) is 3.64. The highest BCUT2D eigenvalue weighted by molar-refractivity contribution is 9.10. The summed E-state index contributed by atoms with van der Waals surface area (Å²) in [5.41, 5.74) is 2.87. The van der Waals surface area contributed by atoms with Gasteiger partial charge in [-0.3, -0.25) is 0 Å². The second kappa shape index (κ2) is 4.52. The molecule has 0 spiro atoms. The van der Waals surface area contributed by atoms with Crippen LogP contribution in [0.2, 0.25) is 5.02 Å². The maximum Gasteiger partial charge on any atom is 0.103 e. The van der Waals surface area contributed by atoms with E-state index in [1.54, 1.807) is 4.68 Å². The molecular formula is C12H9BrClN3. The molecule has 0 N–H and O–H groups in total. The molecule has 1 aromatic heterocycles. The van der Waals surface area contributed by atoms with Crippen LogP contribution in [0.4, 0.5) is 0 Å². The zero-order chi connectivity index (χ0) is 12.6. The molecule has 17 heavy (non-hydrogen) atoms. The van der Waals surface area contributed by atoms with E-state index in [1.165, 1.54) is 0 Å². The summed E-state index contributed by atoms with van der Waals surface area (Å²) in [6, 6.07) is 7.71. The van der Waals surface area contributed by atoms with E-state index in [0.717, 1.165) is 21.5 Å². The van der Waals surface area contributed by atoms with Gasteiger partial charge in [-0.05, 0) is 41.9 Å². The Morgan fingerprint density at radius 3 is 2.65 bits per heavy atom. The molecule has 1 heterocycles. The van der Waals surface area contributed by atoms with Crippen molar-refractivity contribution in [2.24, 2.45) is 0 Å². The van der Waals surface area contributed by atoms with Crippen molar-refractivity contribution in [3.63, 3.8) is 0 Å². The number of hydrogen-bond donors (Lipinski definition) is 0. The van der Waals surface area contributed by atoms with Crippen molar-refractivity contribution in [1.82, 2.24) is 9.78 Å². The molecule has 2 rings (SSSR count). The fraction of sp³-hybridized carbons (Fsp3) is 0.167. The van der Waals surface area contributed by atoms with Crippen LogP contribution < -0.4 is 0 Å². The van der Waals surface area contributed by atoms with Crippen LogP contribution in [0.3, 0.4) is 0 Å². The van der Waals surface area contributed by atoms with Gasteiger partial charge in [-0.2, -0.15) is 10.4 Å². The van der Waals surface area contributed by atoms with E-state index in [2.05, 4.69) is 27.1 Å². The third-order valence-corrected chi connectivity index (χ3v) is 3.74. The Hall–Kier alpha value is -1.31. The van der Waals surface area contributed by atoms with Crippen LogP contribution in [0.25, 0.3) is 5.69 Å². The first-order valence-electron chi connectivity index (χ1n) is 4.97. The fourth-order valence-corrected chi connectivity index (χ4v) is 2.22. The molecule has 1 aromatic carbocycles. The van der Waals surface area contributed by atoms with Crippen LogP contribution in [0.15, 0.2) is 22.7 Å². The molecule has 0 saturated heterocycles. The normalized spacial score (nSPS) is 10.3. The van der Waals surface area contributed by atoms with E-state index >= 15 is 0 Å². The molecule has 2 aromatic rings. The Kier molecular flexibility index (Phi) is 3.23. The molecule has 5 heteroatoms. The highest BCUT2D eigenvalue weighted by Gasteiger charge is 2.14. The molecule has 0 amide bonds. The van der Waals surface area contributed by atoms with Crippen LogP contribution in [0.1, 0.15) is 17.0 Å². The summed E-state index contributed by atoms with van der Waals surface area (Å²) in [7, 11) is 0. The van der Waals surface area contributed by atoms with Crippen LogP contribution >= 0.6 is 27.5 Å². The van der Waals surface area contributed by atoms with E-state index in [-0.39, 0.29) is 0 Å². The smallest absolute Gasteiger partial charge is 0.103 e. The SMILES string of the molecule is Cc1nn(-c2cccc(Br)c2C#N)c(C)c1Cl. The molecule has 0 aliphatic carbocycles. The number of hydrogen-bond acceptors (Lipinski definition) is 2. The van der Waals surface area contributed by atoms with Gasteiger partial charge in [0.25, 0.3) is 0 Å². The van der Waals surface area contributed by atoms with Gasteiger partial charge < -0.3 is 0 Å². The van der Waals surface area contributed by atoms with Gasteiger partial charge in [0.2, 0.25) is 0 Å². The molecule has 0 bridgehead atoms. The predicted molar refractivity (Wildman–Crippen MR) is 70.5 cm³/mol. The maximum atomic E-state index is 9.17. The van der Waals surface area contributed by atoms with Crippen molar-refractivity contribution in [2.45, 2.75) is 13.8 Å². The van der Waals surface area contributed by atoms with Gasteiger partial charge in [-0.25, -0.2) is 4.68 Å². The average molecular weight is 311 g/mol. The molecule has 0 unspecified atom stereocenters. The van der Waals surface area contributed by atoms with Gasteiger partial charge in [-0.15, -0.1) is 0 Å². The minimum Gasteiger partial charge on any atom is -0.235 e. The summed E-state index contributed by atoms with van der Waals surface area (Å²) in [5.74, 6) is 0. The van der Waals surface area contributed by atoms with Crippen LogP contribution in [-0.4, -0.2) is 9.78 Å². The van der Waals surface area contributed by atoms with Crippen LogP contribution in [-0.2, 0) is 0 Å². The largest absolute Gasteiger partial charge is 0.235 e. The number of nitriles is 1. The minimum absolute atomic E-state index is 0.551. The zero-order valence-corrected chi connectivity index (χ0v) is 11.7. The number of nitrogens with zero attached hydrogens (tertiary/aromatic N) is 3. The Morgan fingerprint density at radius 1 is 1.41 bits per heavy atom. The first-order chi connectivity index (χ1) is 8.06. The van der Waals surface area contributed by atoms with E-state index in [1.807, 2.05) is 32.0 Å². The summed E-state index contributed by atoms with van der Waals surface area (Å²) in [6.07, 6.45) is 0. The number of aromatic nitrogens is 2. The summed E-state index contributed by atoms with van der Waals surface area (Å²) in [5, 5.41) is 14.1. The second-order valence-corrected chi connectivity index (χ2v) is 4.87. The lowest BCUT2D eigenvalue weighted by Gasteiger charge is -2.07. The van der Waals surface area contributed by atoms with Gasteiger partial charge in [-0.1, -0.05) is 17.7 Å². The summed E-state index contributed by atoms with van der Waals surface area (Å²) < 4.78 is 2.45. The van der Waals surface area contributed by atoms with Crippen LogP contribution in [0, 0.1) is 25.2 Å². The van der Waals surface area contributed by atoms with Gasteiger partial charge in [0.15, 0.2) is 0 Å². The first kappa shape index (κ1) is 12.2. The monoisotopic (exact) mass is 309 g/mol.